The van der Waals surface area contributed by atoms with E-state index in [0.717, 1.165) is 0 Å². The van der Waals surface area contributed by atoms with Crippen molar-refractivity contribution >= 4 is 11.6 Å². The van der Waals surface area contributed by atoms with Gasteiger partial charge in [0.15, 0.2) is 0 Å². The van der Waals surface area contributed by atoms with Crippen LogP contribution in [0.15, 0.2) is 23.3 Å². The van der Waals surface area contributed by atoms with E-state index in [4.69, 9.17) is 5.53 Å². The fraction of sp³-hybridized carbons (Fsp3) is 0.222. The van der Waals surface area contributed by atoms with Gasteiger partial charge in [-0.05, 0) is 23.7 Å². The highest BCUT2D eigenvalue weighted by molar-refractivity contribution is 5.97. The SMILES string of the molecule is CN(C)C(=O)c1cc(N=[N+]=[N-])ccc1O. The Balaban J connectivity index is 3.21. The first-order valence-electron chi connectivity index (χ1n) is 4.16. The van der Waals surface area contributed by atoms with E-state index in [0.29, 0.717) is 5.69 Å². The molecule has 15 heavy (non-hydrogen) atoms. The van der Waals surface area contributed by atoms with E-state index in [1.165, 1.54) is 23.1 Å². The fourth-order valence-corrected chi connectivity index (χ4v) is 1.05. The Bertz CT molecular complexity index is 436. The molecule has 1 amide bonds. The van der Waals surface area contributed by atoms with Crippen molar-refractivity contribution in [1.82, 2.24) is 4.90 Å². The summed E-state index contributed by atoms with van der Waals surface area (Å²) in [5.74, 6) is -0.479. The quantitative estimate of drug-likeness (QED) is 0.455. The molecule has 0 saturated carbocycles. The summed E-state index contributed by atoms with van der Waals surface area (Å²) >= 11 is 0. The lowest BCUT2D eigenvalue weighted by Crippen LogP contribution is -2.21. The van der Waals surface area contributed by atoms with E-state index in [1.54, 1.807) is 14.1 Å². The largest absolute Gasteiger partial charge is 0.507 e. The van der Waals surface area contributed by atoms with Crippen molar-refractivity contribution in [2.24, 2.45) is 5.11 Å². The summed E-state index contributed by atoms with van der Waals surface area (Å²) in [4.78, 5) is 15.5. The minimum Gasteiger partial charge on any atom is -0.507 e. The number of phenolic OH excluding ortho intramolecular Hbond substituents is 1. The maximum Gasteiger partial charge on any atom is 0.257 e. The summed E-state index contributed by atoms with van der Waals surface area (Å²) in [6, 6.07) is 4.10. The second-order valence-corrected chi connectivity index (χ2v) is 3.09. The Morgan fingerprint density at radius 1 is 1.53 bits per heavy atom. The molecule has 6 nitrogen and oxygen atoms in total. The van der Waals surface area contributed by atoms with E-state index >= 15 is 0 Å². The Kier molecular flexibility index (Phi) is 3.15. The van der Waals surface area contributed by atoms with Crippen molar-refractivity contribution < 1.29 is 9.90 Å². The van der Waals surface area contributed by atoms with Crippen molar-refractivity contribution in [2.45, 2.75) is 0 Å². The molecule has 0 aliphatic heterocycles. The third-order valence-corrected chi connectivity index (χ3v) is 1.78. The lowest BCUT2D eigenvalue weighted by molar-refractivity contribution is 0.0824. The molecular formula is C9H10N4O2. The fourth-order valence-electron chi connectivity index (χ4n) is 1.05. The van der Waals surface area contributed by atoms with Crippen LogP contribution in [0.2, 0.25) is 0 Å². The monoisotopic (exact) mass is 206 g/mol. The third-order valence-electron chi connectivity index (χ3n) is 1.78. The summed E-state index contributed by atoms with van der Waals surface area (Å²) in [5, 5.41) is 12.8. The molecule has 1 aromatic carbocycles. The number of aromatic hydroxyl groups is 1. The minimum absolute atomic E-state index is 0.116. The first-order valence-corrected chi connectivity index (χ1v) is 4.16. The first-order chi connectivity index (χ1) is 7.06. The van der Waals surface area contributed by atoms with Crippen LogP contribution in [0.25, 0.3) is 10.4 Å². The van der Waals surface area contributed by atoms with E-state index < -0.39 is 0 Å². The Morgan fingerprint density at radius 2 is 2.20 bits per heavy atom. The highest BCUT2D eigenvalue weighted by Crippen LogP contribution is 2.24. The number of azide groups is 1. The zero-order chi connectivity index (χ0) is 11.4. The van der Waals surface area contributed by atoms with Gasteiger partial charge in [0.25, 0.3) is 5.91 Å². The predicted octanol–water partition coefficient (Wildman–Crippen LogP) is 2.04. The van der Waals surface area contributed by atoms with Gasteiger partial charge in [-0.2, -0.15) is 0 Å². The number of nitrogens with zero attached hydrogens (tertiary/aromatic N) is 4. The molecule has 0 heterocycles. The van der Waals surface area contributed by atoms with Gasteiger partial charge in [0, 0.05) is 24.7 Å². The molecule has 0 atom stereocenters. The van der Waals surface area contributed by atoms with Crippen molar-refractivity contribution in [3.63, 3.8) is 0 Å². The second kappa shape index (κ2) is 4.34. The molecular weight excluding hydrogens is 196 g/mol. The summed E-state index contributed by atoms with van der Waals surface area (Å²) in [6.07, 6.45) is 0. The zero-order valence-electron chi connectivity index (χ0n) is 8.38. The lowest BCUT2D eigenvalue weighted by atomic mass is 10.1. The van der Waals surface area contributed by atoms with Crippen LogP contribution in [0, 0.1) is 0 Å². The molecule has 1 rings (SSSR count). The number of carbonyl (C=O) groups excluding carboxylic acids is 1. The third kappa shape index (κ3) is 2.38. The van der Waals surface area contributed by atoms with Crippen LogP contribution in [0.3, 0.4) is 0 Å². The molecule has 1 aromatic rings. The van der Waals surface area contributed by atoms with Gasteiger partial charge in [0.05, 0.1) is 5.56 Å². The zero-order valence-corrected chi connectivity index (χ0v) is 8.38. The van der Waals surface area contributed by atoms with Gasteiger partial charge in [-0.15, -0.1) is 0 Å². The van der Waals surface area contributed by atoms with Crippen LogP contribution in [0.1, 0.15) is 10.4 Å². The highest BCUT2D eigenvalue weighted by Gasteiger charge is 2.13. The molecule has 6 heteroatoms. The van der Waals surface area contributed by atoms with E-state index in [2.05, 4.69) is 10.0 Å². The molecule has 0 aromatic heterocycles. The molecule has 0 bridgehead atoms. The van der Waals surface area contributed by atoms with Crippen molar-refractivity contribution in [3.05, 3.63) is 34.2 Å². The lowest BCUT2D eigenvalue weighted by Gasteiger charge is -2.11. The maximum atomic E-state index is 11.6. The van der Waals surface area contributed by atoms with Gasteiger partial charge < -0.3 is 10.0 Å². The van der Waals surface area contributed by atoms with Gasteiger partial charge in [-0.3, -0.25) is 4.79 Å². The predicted molar refractivity (Wildman–Crippen MR) is 54.9 cm³/mol. The van der Waals surface area contributed by atoms with Gasteiger partial charge in [-0.1, -0.05) is 5.11 Å². The number of benzene rings is 1. The molecule has 0 saturated heterocycles. The normalized spacial score (nSPS) is 9.20. The van der Waals surface area contributed by atoms with Gasteiger partial charge in [-0.25, -0.2) is 0 Å². The highest BCUT2D eigenvalue weighted by atomic mass is 16.3. The molecule has 0 unspecified atom stereocenters. The number of carbonyl (C=O) groups is 1. The topological polar surface area (TPSA) is 89.3 Å². The standard InChI is InChI=1S/C9H10N4O2/c1-13(2)9(15)7-5-6(11-12-10)3-4-8(7)14/h3-5,14H,1-2H3. The van der Waals surface area contributed by atoms with Crippen LogP contribution in [0.5, 0.6) is 5.75 Å². The maximum absolute atomic E-state index is 11.6. The number of hydrogen-bond acceptors (Lipinski definition) is 3. The summed E-state index contributed by atoms with van der Waals surface area (Å²) in [7, 11) is 3.14. The summed E-state index contributed by atoms with van der Waals surface area (Å²) < 4.78 is 0. The van der Waals surface area contributed by atoms with Crippen LogP contribution in [-0.2, 0) is 0 Å². The van der Waals surface area contributed by atoms with E-state index in [9.17, 15) is 9.90 Å². The second-order valence-electron chi connectivity index (χ2n) is 3.09. The van der Waals surface area contributed by atoms with Crippen molar-refractivity contribution in [1.29, 1.82) is 0 Å². The number of hydrogen-bond donors (Lipinski definition) is 1. The Labute approximate surface area is 86.4 Å². The Hall–Kier alpha value is -2.20. The van der Waals surface area contributed by atoms with E-state index in [1.807, 2.05) is 0 Å². The van der Waals surface area contributed by atoms with Crippen LogP contribution >= 0.6 is 0 Å². The number of phenols is 1. The van der Waals surface area contributed by atoms with Crippen LogP contribution in [-0.4, -0.2) is 30.0 Å². The van der Waals surface area contributed by atoms with Gasteiger partial charge in [0.1, 0.15) is 5.75 Å². The molecule has 1 N–H and O–H groups in total. The van der Waals surface area contributed by atoms with Crippen molar-refractivity contribution in [3.8, 4) is 5.75 Å². The molecule has 0 fully saturated rings. The average Bonchev–Trinajstić information content (AvgIpc) is 2.20. The minimum atomic E-state index is -0.345. The van der Waals surface area contributed by atoms with Gasteiger partial charge in [0.2, 0.25) is 0 Å². The Morgan fingerprint density at radius 3 is 2.73 bits per heavy atom. The summed E-state index contributed by atoms with van der Waals surface area (Å²) in [6.45, 7) is 0. The average molecular weight is 206 g/mol. The molecule has 0 aliphatic rings. The van der Waals surface area contributed by atoms with E-state index in [-0.39, 0.29) is 17.2 Å². The smallest absolute Gasteiger partial charge is 0.257 e. The number of rotatable bonds is 2. The van der Waals surface area contributed by atoms with Gasteiger partial charge >= 0.3 is 0 Å². The summed E-state index contributed by atoms with van der Waals surface area (Å²) in [5.41, 5.74) is 8.64. The molecule has 0 radical (unpaired) electrons. The first kappa shape index (κ1) is 10.9. The number of amides is 1. The molecule has 0 aliphatic carbocycles. The molecule has 0 spiro atoms. The molecule has 78 valence electrons. The van der Waals surface area contributed by atoms with Crippen LogP contribution in [0.4, 0.5) is 5.69 Å². The van der Waals surface area contributed by atoms with Crippen molar-refractivity contribution in [2.75, 3.05) is 14.1 Å². The van der Waals surface area contributed by atoms with Crippen LogP contribution < -0.4 is 0 Å².